The van der Waals surface area contributed by atoms with Crippen LogP contribution in [0.4, 0.5) is 9.59 Å². The number of Topliss-reactive ketones (excluding diaryl/α,β-unsaturated/α-hetero) is 1. The summed E-state index contributed by atoms with van der Waals surface area (Å²) in [5.41, 5.74) is 10.2. The molecule has 61 heavy (non-hydrogen) atoms. The summed E-state index contributed by atoms with van der Waals surface area (Å²) in [6.07, 6.45) is 10.6. The van der Waals surface area contributed by atoms with Gasteiger partial charge >= 0.3 is 12.2 Å². The molecule has 4 aliphatic rings. The lowest BCUT2D eigenvalue weighted by Crippen LogP contribution is -2.53. The Labute approximate surface area is 358 Å². The van der Waals surface area contributed by atoms with Gasteiger partial charge in [-0.25, -0.2) is 14.6 Å². The third-order valence-electron chi connectivity index (χ3n) is 13.6. The molecule has 324 valence electrons. The number of ketones is 1. The fourth-order valence-electron chi connectivity index (χ4n) is 10.4. The molecule has 2 aromatic heterocycles. The number of fused-ring (bicyclic) bond motifs is 1. The lowest BCUT2D eigenvalue weighted by atomic mass is 9.73. The van der Waals surface area contributed by atoms with Crippen LogP contribution in [0.25, 0.3) is 33.6 Å². The van der Waals surface area contributed by atoms with Crippen molar-refractivity contribution in [1.82, 2.24) is 30.5 Å². The number of aromatic nitrogens is 3. The first kappa shape index (κ1) is 42.3. The van der Waals surface area contributed by atoms with Crippen molar-refractivity contribution in [3.63, 3.8) is 0 Å². The molecular weight excluding hydrogens is 773 g/mol. The van der Waals surface area contributed by atoms with Gasteiger partial charge in [0.15, 0.2) is 5.78 Å². The molecule has 1 saturated carbocycles. The highest BCUT2D eigenvalue weighted by Gasteiger charge is 2.42. The van der Waals surface area contributed by atoms with E-state index in [2.05, 4.69) is 69.1 Å². The minimum absolute atomic E-state index is 0.000313. The number of carbonyl (C=O) groups excluding carboxylic acids is 4. The molecule has 0 radical (unpaired) electrons. The molecule has 2 aliphatic heterocycles. The summed E-state index contributed by atoms with van der Waals surface area (Å²) < 4.78 is 15.3. The van der Waals surface area contributed by atoms with E-state index >= 15 is 0 Å². The molecule has 8 rings (SSSR count). The fourth-order valence-corrected chi connectivity index (χ4v) is 10.4. The molecule has 4 heterocycles. The number of hydrogen-bond donors (Lipinski definition) is 4. The average molecular weight is 833 g/mol. The van der Waals surface area contributed by atoms with Gasteiger partial charge in [0.2, 0.25) is 5.91 Å². The molecule has 0 bridgehead atoms. The van der Waals surface area contributed by atoms with Gasteiger partial charge < -0.3 is 39.7 Å². The zero-order chi connectivity index (χ0) is 42.6. The first-order valence-corrected chi connectivity index (χ1v) is 22.3. The number of imidazole rings is 1. The van der Waals surface area contributed by atoms with Gasteiger partial charge in [-0.3, -0.25) is 9.59 Å². The van der Waals surface area contributed by atoms with Gasteiger partial charge in [0.1, 0.15) is 11.9 Å². The van der Waals surface area contributed by atoms with E-state index in [4.69, 9.17) is 19.2 Å². The lowest BCUT2D eigenvalue weighted by Gasteiger charge is -2.34. The second-order valence-corrected chi connectivity index (χ2v) is 17.6. The number of nitrogens with one attached hydrogen (secondary N) is 4. The fraction of sp³-hybridized carbons (Fsp3) is 0.521. The van der Waals surface area contributed by atoms with E-state index < -0.39 is 24.3 Å². The number of aromatic amines is 2. The maximum atomic E-state index is 14.3. The highest BCUT2D eigenvalue weighted by atomic mass is 16.5. The number of benzene rings is 2. The summed E-state index contributed by atoms with van der Waals surface area (Å²) in [6.45, 7) is 5.70. The van der Waals surface area contributed by atoms with E-state index in [0.717, 1.165) is 116 Å². The second-order valence-electron chi connectivity index (χ2n) is 17.6. The Balaban J connectivity index is 0.969. The van der Waals surface area contributed by atoms with Crippen molar-refractivity contribution in [2.45, 2.75) is 109 Å². The van der Waals surface area contributed by atoms with Gasteiger partial charge in [0.25, 0.3) is 0 Å². The molecule has 4 aromatic rings. The number of alkyl carbamates (subject to hydrolysis) is 2. The summed E-state index contributed by atoms with van der Waals surface area (Å²) in [6, 6.07) is 15.8. The van der Waals surface area contributed by atoms with E-state index in [1.165, 1.54) is 25.3 Å². The molecule has 3 amide bonds. The maximum Gasteiger partial charge on any atom is 0.407 e. The van der Waals surface area contributed by atoms with Gasteiger partial charge in [0.05, 0.1) is 38.2 Å². The number of methoxy groups -OCH3 is 2. The van der Waals surface area contributed by atoms with Crippen molar-refractivity contribution in [2.75, 3.05) is 34.0 Å². The van der Waals surface area contributed by atoms with Gasteiger partial charge in [-0.05, 0) is 103 Å². The molecule has 13 heteroatoms. The molecule has 13 nitrogen and oxygen atoms in total. The normalized spacial score (nSPS) is 21.5. The molecule has 2 saturated heterocycles. The van der Waals surface area contributed by atoms with E-state index in [9.17, 15) is 19.2 Å². The highest BCUT2D eigenvalue weighted by molar-refractivity contribution is 5.90. The van der Waals surface area contributed by atoms with Crippen LogP contribution in [-0.2, 0) is 36.6 Å². The van der Waals surface area contributed by atoms with Crippen LogP contribution in [0.1, 0.15) is 106 Å². The van der Waals surface area contributed by atoms with Crippen LogP contribution in [0.15, 0.2) is 54.7 Å². The van der Waals surface area contributed by atoms with Gasteiger partial charge in [-0.15, -0.1) is 0 Å². The SMILES string of the molecule is COC(=O)NC(C(=O)C1CCCCC1c1ncc(-c2ccc(-c3ccc(-c4[nH]c(C5CCCN5C(=O)C(NC(=O)OC)C5CCOCC5)c5c4CCC5)cc3)cc2)[nH]1)C(C)C. The van der Waals surface area contributed by atoms with Gasteiger partial charge in [0, 0.05) is 43.0 Å². The third kappa shape index (κ3) is 8.85. The number of carbonyl (C=O) groups is 4. The molecule has 4 N–H and O–H groups in total. The van der Waals surface area contributed by atoms with Crippen LogP contribution >= 0.6 is 0 Å². The standard InChI is InChI=1S/C48H60N6O7/c1-28(2)40(52-47(57)59-3)44(55)36-9-5-6-10-37(36)45-49-27-38(50-45)31-18-14-29(15-19-31)30-16-20-32(21-17-30)41-34-11-7-12-35(34)43(51-41)39-13-8-24-54(39)46(56)42(53-48(58)60-4)33-22-25-61-26-23-33/h14-21,27-28,33,36-37,39-40,42,51H,5-13,22-26H2,1-4H3,(H,49,50)(H,52,57)(H,53,58). The number of rotatable bonds is 12. The van der Waals surface area contributed by atoms with Crippen molar-refractivity contribution in [3.8, 4) is 33.6 Å². The number of amides is 3. The predicted molar refractivity (Wildman–Crippen MR) is 232 cm³/mol. The molecule has 3 fully saturated rings. The van der Waals surface area contributed by atoms with E-state index in [-0.39, 0.29) is 41.4 Å². The van der Waals surface area contributed by atoms with Crippen molar-refractivity contribution in [1.29, 1.82) is 0 Å². The number of hydrogen-bond acceptors (Lipinski definition) is 8. The number of nitrogens with zero attached hydrogens (tertiary/aromatic N) is 2. The van der Waals surface area contributed by atoms with Gasteiger partial charge in [-0.2, -0.15) is 0 Å². The zero-order valence-electron chi connectivity index (χ0n) is 35.9. The summed E-state index contributed by atoms with van der Waals surface area (Å²) in [5, 5.41) is 5.65. The van der Waals surface area contributed by atoms with Crippen LogP contribution in [0.3, 0.4) is 0 Å². The summed E-state index contributed by atoms with van der Waals surface area (Å²) in [4.78, 5) is 66.7. The quantitative estimate of drug-likeness (QED) is 0.111. The van der Waals surface area contributed by atoms with Crippen LogP contribution in [0, 0.1) is 17.8 Å². The van der Waals surface area contributed by atoms with E-state index in [1.54, 1.807) is 0 Å². The minimum atomic E-state index is -0.647. The van der Waals surface area contributed by atoms with Crippen LogP contribution < -0.4 is 10.6 Å². The Morgan fingerprint density at radius 2 is 1.39 bits per heavy atom. The largest absolute Gasteiger partial charge is 0.453 e. The highest BCUT2D eigenvalue weighted by Crippen LogP contribution is 2.43. The van der Waals surface area contributed by atoms with Crippen molar-refractivity contribution >= 4 is 23.9 Å². The molecule has 0 spiro atoms. The predicted octanol–water partition coefficient (Wildman–Crippen LogP) is 8.27. The van der Waals surface area contributed by atoms with Crippen LogP contribution in [0.5, 0.6) is 0 Å². The third-order valence-corrected chi connectivity index (χ3v) is 13.6. The first-order valence-electron chi connectivity index (χ1n) is 22.3. The van der Waals surface area contributed by atoms with E-state index in [1.807, 2.05) is 24.9 Å². The topological polar surface area (TPSA) is 168 Å². The summed E-state index contributed by atoms with van der Waals surface area (Å²) >= 11 is 0. The zero-order valence-corrected chi connectivity index (χ0v) is 35.9. The molecule has 2 aliphatic carbocycles. The molecule has 5 unspecified atom stereocenters. The molecule has 5 atom stereocenters. The van der Waals surface area contributed by atoms with Crippen molar-refractivity contribution in [2.24, 2.45) is 17.8 Å². The molecule has 2 aromatic carbocycles. The Morgan fingerprint density at radius 1 is 0.754 bits per heavy atom. The maximum absolute atomic E-state index is 14.3. The smallest absolute Gasteiger partial charge is 0.407 e. The number of H-pyrrole nitrogens is 2. The Kier molecular flexibility index (Phi) is 12.9. The van der Waals surface area contributed by atoms with Gasteiger partial charge in [-0.1, -0.05) is 75.2 Å². The Morgan fingerprint density at radius 3 is 2.08 bits per heavy atom. The first-order chi connectivity index (χ1) is 29.6. The average Bonchev–Trinajstić information content (AvgIpc) is 4.13. The Hall–Kier alpha value is -5.43. The van der Waals surface area contributed by atoms with Crippen molar-refractivity contribution in [3.05, 3.63) is 77.4 Å². The lowest BCUT2D eigenvalue weighted by molar-refractivity contribution is -0.136. The second kappa shape index (κ2) is 18.7. The monoisotopic (exact) mass is 832 g/mol. The minimum Gasteiger partial charge on any atom is -0.453 e. The van der Waals surface area contributed by atoms with Crippen LogP contribution in [0.2, 0.25) is 0 Å². The summed E-state index contributed by atoms with van der Waals surface area (Å²) in [5.74, 6) is 0.467. The van der Waals surface area contributed by atoms with Crippen LogP contribution in [-0.4, -0.2) is 89.8 Å². The summed E-state index contributed by atoms with van der Waals surface area (Å²) in [7, 11) is 2.65. The number of likely N-dealkylation sites (tertiary alicyclic amines) is 1. The Bertz CT molecular complexity index is 2190. The van der Waals surface area contributed by atoms with E-state index in [0.29, 0.717) is 19.8 Å². The number of ether oxygens (including phenoxy) is 3. The van der Waals surface area contributed by atoms with Crippen molar-refractivity contribution < 1.29 is 33.4 Å². The molecular formula is C48H60N6O7.